The summed E-state index contributed by atoms with van der Waals surface area (Å²) in [6, 6.07) is 9.86. The van der Waals surface area contributed by atoms with Crippen LogP contribution in [0.2, 0.25) is 0 Å². The topological polar surface area (TPSA) is 33.0 Å². The van der Waals surface area contributed by atoms with Crippen LogP contribution in [0.15, 0.2) is 30.3 Å². The highest BCUT2D eigenvalue weighted by Gasteiger charge is 2.07. The molecule has 2 aromatic carbocycles. The Bertz CT molecular complexity index is 671. The lowest BCUT2D eigenvalue weighted by atomic mass is 10.1. The van der Waals surface area contributed by atoms with E-state index in [-0.39, 0.29) is 5.56 Å². The Balaban J connectivity index is 2.42. The van der Waals surface area contributed by atoms with E-state index in [9.17, 15) is 4.39 Å². The number of hydrogen-bond acceptors (Lipinski definition) is 2. The third kappa shape index (κ3) is 2.92. The normalized spacial score (nSPS) is 10.1. The van der Waals surface area contributed by atoms with Crippen molar-refractivity contribution in [3.05, 3.63) is 58.4 Å². The van der Waals surface area contributed by atoms with Crippen LogP contribution in [0.5, 0.6) is 11.5 Å². The van der Waals surface area contributed by atoms with E-state index in [0.29, 0.717) is 11.5 Å². The smallest absolute Gasteiger partial charge is 0.131 e. The molecule has 3 heteroatoms. The second-order valence-corrected chi connectivity index (χ2v) is 4.59. The number of rotatable bonds is 2. The van der Waals surface area contributed by atoms with Crippen LogP contribution < -0.4 is 4.74 Å². The molecule has 0 spiro atoms. The minimum atomic E-state index is -0.476. The van der Waals surface area contributed by atoms with Gasteiger partial charge in [-0.2, -0.15) is 5.26 Å². The molecule has 96 valence electrons. The average Bonchev–Trinajstić information content (AvgIpc) is 2.34. The first kappa shape index (κ1) is 13.1. The molecule has 0 saturated carbocycles. The Morgan fingerprint density at radius 2 is 1.79 bits per heavy atom. The van der Waals surface area contributed by atoms with Crippen LogP contribution >= 0.6 is 0 Å². The Morgan fingerprint density at radius 3 is 2.47 bits per heavy atom. The summed E-state index contributed by atoms with van der Waals surface area (Å²) in [5.74, 6) is 0.549. The Morgan fingerprint density at radius 1 is 1.05 bits per heavy atom. The maximum absolute atomic E-state index is 13.3. The quantitative estimate of drug-likeness (QED) is 0.796. The summed E-state index contributed by atoms with van der Waals surface area (Å²) in [6.07, 6.45) is 0. The summed E-state index contributed by atoms with van der Waals surface area (Å²) in [5, 5.41) is 8.82. The number of nitrogens with zero attached hydrogens (tertiary/aromatic N) is 1. The van der Waals surface area contributed by atoms with E-state index in [2.05, 4.69) is 6.07 Å². The van der Waals surface area contributed by atoms with Gasteiger partial charge in [0.1, 0.15) is 17.3 Å². The maximum Gasteiger partial charge on any atom is 0.131 e. The minimum absolute atomic E-state index is 0.247. The number of aryl methyl sites for hydroxylation is 2. The molecule has 0 fully saturated rings. The molecule has 2 aromatic rings. The van der Waals surface area contributed by atoms with Gasteiger partial charge in [0.25, 0.3) is 0 Å². The molecule has 0 aliphatic heterocycles. The highest BCUT2D eigenvalue weighted by Crippen LogP contribution is 2.29. The van der Waals surface area contributed by atoms with Crippen LogP contribution in [0.1, 0.15) is 22.3 Å². The van der Waals surface area contributed by atoms with Gasteiger partial charge in [0, 0.05) is 6.07 Å². The van der Waals surface area contributed by atoms with E-state index in [4.69, 9.17) is 10.00 Å². The average molecular weight is 255 g/mol. The van der Waals surface area contributed by atoms with Gasteiger partial charge in [-0.25, -0.2) is 4.39 Å². The fourth-order valence-electron chi connectivity index (χ4n) is 1.92. The van der Waals surface area contributed by atoms with Gasteiger partial charge in [-0.15, -0.1) is 0 Å². The third-order valence-electron chi connectivity index (χ3n) is 2.99. The molecule has 19 heavy (non-hydrogen) atoms. The maximum atomic E-state index is 13.3. The number of ether oxygens (including phenoxy) is 1. The zero-order valence-electron chi connectivity index (χ0n) is 11.1. The van der Waals surface area contributed by atoms with Crippen LogP contribution in [-0.2, 0) is 0 Å². The molecule has 0 radical (unpaired) electrons. The van der Waals surface area contributed by atoms with Crippen molar-refractivity contribution in [1.29, 1.82) is 5.26 Å². The fraction of sp³-hybridized carbons (Fsp3) is 0.188. The Hall–Kier alpha value is -2.34. The first-order chi connectivity index (χ1) is 8.99. The SMILES string of the molecule is Cc1cc(C)c(C)c(Oc2cc(F)cc(C#N)c2)c1. The van der Waals surface area contributed by atoms with Gasteiger partial charge in [0.2, 0.25) is 0 Å². The van der Waals surface area contributed by atoms with Crippen molar-refractivity contribution in [2.24, 2.45) is 0 Å². The molecule has 0 bridgehead atoms. The van der Waals surface area contributed by atoms with Crippen molar-refractivity contribution >= 4 is 0 Å². The van der Waals surface area contributed by atoms with E-state index in [1.165, 1.54) is 18.2 Å². The summed E-state index contributed by atoms with van der Waals surface area (Å²) < 4.78 is 19.0. The van der Waals surface area contributed by atoms with Crippen LogP contribution in [0.3, 0.4) is 0 Å². The highest BCUT2D eigenvalue weighted by molar-refractivity contribution is 5.46. The predicted molar refractivity (Wildman–Crippen MR) is 71.8 cm³/mol. The van der Waals surface area contributed by atoms with Gasteiger partial charge >= 0.3 is 0 Å². The van der Waals surface area contributed by atoms with Crippen molar-refractivity contribution in [2.75, 3.05) is 0 Å². The molecular formula is C16H14FNO. The van der Waals surface area contributed by atoms with Crippen LogP contribution in [0, 0.1) is 37.9 Å². The number of nitriles is 1. The van der Waals surface area contributed by atoms with Crippen molar-refractivity contribution in [2.45, 2.75) is 20.8 Å². The summed E-state index contributed by atoms with van der Waals surface area (Å²) >= 11 is 0. The van der Waals surface area contributed by atoms with E-state index in [0.717, 1.165) is 16.7 Å². The molecule has 0 aliphatic carbocycles. The van der Waals surface area contributed by atoms with Crippen molar-refractivity contribution in [3.63, 3.8) is 0 Å². The molecule has 0 atom stereocenters. The zero-order valence-corrected chi connectivity index (χ0v) is 11.1. The lowest BCUT2D eigenvalue weighted by Crippen LogP contribution is -1.93. The third-order valence-corrected chi connectivity index (χ3v) is 2.99. The molecule has 0 aromatic heterocycles. The molecule has 0 heterocycles. The summed E-state index contributed by atoms with van der Waals surface area (Å²) in [5.41, 5.74) is 3.45. The van der Waals surface area contributed by atoms with Gasteiger partial charge in [0.05, 0.1) is 11.6 Å². The summed E-state index contributed by atoms with van der Waals surface area (Å²) in [6.45, 7) is 5.93. The first-order valence-corrected chi connectivity index (χ1v) is 5.96. The van der Waals surface area contributed by atoms with Crippen molar-refractivity contribution in [3.8, 4) is 17.6 Å². The second kappa shape index (κ2) is 5.11. The number of benzene rings is 2. The van der Waals surface area contributed by atoms with E-state index in [1.54, 1.807) is 0 Å². The standard InChI is InChI=1S/C16H14FNO/c1-10-4-11(2)12(3)16(5-10)19-15-7-13(9-18)6-14(17)8-15/h4-8H,1-3H3. The highest BCUT2D eigenvalue weighted by atomic mass is 19.1. The van der Waals surface area contributed by atoms with Crippen LogP contribution in [-0.4, -0.2) is 0 Å². The van der Waals surface area contributed by atoms with Crippen LogP contribution in [0.4, 0.5) is 4.39 Å². The number of hydrogen-bond donors (Lipinski definition) is 0. The van der Waals surface area contributed by atoms with Gasteiger partial charge < -0.3 is 4.74 Å². The van der Waals surface area contributed by atoms with E-state index < -0.39 is 5.82 Å². The van der Waals surface area contributed by atoms with Crippen molar-refractivity contribution < 1.29 is 9.13 Å². The molecule has 0 N–H and O–H groups in total. The molecule has 0 saturated heterocycles. The van der Waals surface area contributed by atoms with Gasteiger partial charge in [-0.3, -0.25) is 0 Å². The zero-order chi connectivity index (χ0) is 14.0. The minimum Gasteiger partial charge on any atom is -0.457 e. The second-order valence-electron chi connectivity index (χ2n) is 4.59. The van der Waals surface area contributed by atoms with Gasteiger partial charge in [-0.1, -0.05) is 6.07 Å². The van der Waals surface area contributed by atoms with E-state index in [1.807, 2.05) is 32.9 Å². The van der Waals surface area contributed by atoms with Gasteiger partial charge in [0.15, 0.2) is 0 Å². The molecule has 0 unspecified atom stereocenters. The molecule has 0 amide bonds. The molecule has 2 rings (SSSR count). The largest absolute Gasteiger partial charge is 0.457 e. The van der Waals surface area contributed by atoms with E-state index >= 15 is 0 Å². The Labute approximate surface area is 112 Å². The lowest BCUT2D eigenvalue weighted by molar-refractivity contribution is 0.472. The number of halogens is 1. The van der Waals surface area contributed by atoms with Crippen molar-refractivity contribution in [1.82, 2.24) is 0 Å². The fourth-order valence-corrected chi connectivity index (χ4v) is 1.92. The lowest BCUT2D eigenvalue weighted by Gasteiger charge is -2.12. The summed E-state index contributed by atoms with van der Waals surface area (Å²) in [7, 11) is 0. The molecular weight excluding hydrogens is 241 g/mol. The first-order valence-electron chi connectivity index (χ1n) is 5.96. The van der Waals surface area contributed by atoms with Crippen LogP contribution in [0.25, 0.3) is 0 Å². The monoisotopic (exact) mass is 255 g/mol. The Kier molecular flexibility index (Phi) is 3.52. The predicted octanol–water partition coefficient (Wildman–Crippen LogP) is 4.41. The summed E-state index contributed by atoms with van der Waals surface area (Å²) in [4.78, 5) is 0. The molecule has 0 aliphatic rings. The molecule has 2 nitrogen and oxygen atoms in total. The van der Waals surface area contributed by atoms with Gasteiger partial charge in [-0.05, 0) is 55.7 Å².